The smallest absolute Gasteiger partial charge is 0.308 e. The number of hydrogen-bond donors (Lipinski definition) is 1. The van der Waals surface area contributed by atoms with E-state index in [9.17, 15) is 4.79 Å². The van der Waals surface area contributed by atoms with Crippen LogP contribution in [0.4, 0.5) is 0 Å². The van der Waals surface area contributed by atoms with Gasteiger partial charge in [0.15, 0.2) is 12.8 Å². The van der Waals surface area contributed by atoms with Crippen molar-refractivity contribution in [1.82, 2.24) is 5.32 Å². The van der Waals surface area contributed by atoms with Crippen LogP contribution in [0.15, 0.2) is 0 Å². The lowest BCUT2D eigenvalue weighted by Gasteiger charge is -1.97. The Morgan fingerprint density at radius 3 is 2.82 bits per heavy atom. The molecule has 0 aliphatic carbocycles. The molecule has 0 amide bonds. The van der Waals surface area contributed by atoms with Crippen molar-refractivity contribution in [2.24, 2.45) is 0 Å². The van der Waals surface area contributed by atoms with Crippen LogP contribution in [0.25, 0.3) is 0 Å². The highest BCUT2D eigenvalue weighted by atomic mass is 16.5. The SMILES string of the molecule is N#CCOC(=O)CCNC#N. The van der Waals surface area contributed by atoms with Crippen LogP contribution in [-0.4, -0.2) is 19.1 Å². The molecule has 0 aliphatic rings. The summed E-state index contributed by atoms with van der Waals surface area (Å²) in [5.41, 5.74) is 0. The van der Waals surface area contributed by atoms with Gasteiger partial charge in [0, 0.05) is 6.54 Å². The predicted molar refractivity (Wildman–Crippen MR) is 34.8 cm³/mol. The number of ether oxygens (including phenoxy) is 1. The molecular formula is C6H7N3O2. The second kappa shape index (κ2) is 6.37. The first-order valence-corrected chi connectivity index (χ1v) is 2.95. The predicted octanol–water partition coefficient (Wildman–Crippen LogP) is -0.486. The molecule has 0 atom stereocenters. The molecule has 0 aromatic heterocycles. The first kappa shape index (κ1) is 9.25. The standard InChI is InChI=1S/C6H7N3O2/c7-2-4-11-6(10)1-3-9-5-8/h9H,1,3-4H2. The molecule has 1 N–H and O–H groups in total. The number of carbonyl (C=O) groups excluding carboxylic acids is 1. The van der Waals surface area contributed by atoms with Crippen molar-refractivity contribution in [3.63, 3.8) is 0 Å². The molecule has 0 fully saturated rings. The van der Waals surface area contributed by atoms with Crippen molar-refractivity contribution >= 4 is 5.97 Å². The fourth-order valence-electron chi connectivity index (χ4n) is 0.405. The van der Waals surface area contributed by atoms with Crippen molar-refractivity contribution in [3.8, 4) is 12.3 Å². The lowest BCUT2D eigenvalue weighted by molar-refractivity contribution is -0.142. The van der Waals surface area contributed by atoms with Crippen LogP contribution >= 0.6 is 0 Å². The molecule has 0 saturated heterocycles. The number of nitrogens with zero attached hydrogens (tertiary/aromatic N) is 2. The maximum Gasteiger partial charge on any atom is 0.308 e. The summed E-state index contributed by atoms with van der Waals surface area (Å²) in [6, 6.07) is 1.66. The molecule has 0 unspecified atom stereocenters. The molecule has 5 heteroatoms. The number of hydrogen-bond acceptors (Lipinski definition) is 5. The summed E-state index contributed by atoms with van der Waals surface area (Å²) in [6.45, 7) is 0.0200. The number of esters is 1. The van der Waals surface area contributed by atoms with E-state index in [1.165, 1.54) is 0 Å². The minimum atomic E-state index is -0.477. The highest BCUT2D eigenvalue weighted by Gasteiger charge is 1.99. The zero-order chi connectivity index (χ0) is 8.53. The van der Waals surface area contributed by atoms with Gasteiger partial charge in [0.05, 0.1) is 6.42 Å². The quantitative estimate of drug-likeness (QED) is 0.255. The third-order valence-corrected chi connectivity index (χ3v) is 0.831. The largest absolute Gasteiger partial charge is 0.450 e. The number of nitrogens with one attached hydrogen (secondary N) is 1. The second-order valence-electron chi connectivity index (χ2n) is 1.61. The minimum Gasteiger partial charge on any atom is -0.450 e. The van der Waals surface area contributed by atoms with Gasteiger partial charge in [-0.15, -0.1) is 0 Å². The first-order valence-electron chi connectivity index (χ1n) is 2.95. The van der Waals surface area contributed by atoms with Crippen molar-refractivity contribution < 1.29 is 9.53 Å². The molecule has 0 heterocycles. The summed E-state index contributed by atoms with van der Waals surface area (Å²) in [5, 5.41) is 18.3. The van der Waals surface area contributed by atoms with E-state index in [1.807, 2.05) is 0 Å². The normalized spacial score (nSPS) is 7.45. The van der Waals surface area contributed by atoms with Gasteiger partial charge in [0.1, 0.15) is 6.07 Å². The summed E-state index contributed by atoms with van der Waals surface area (Å²) in [7, 11) is 0. The molecule has 0 aliphatic heterocycles. The van der Waals surface area contributed by atoms with Gasteiger partial charge in [0.25, 0.3) is 0 Å². The van der Waals surface area contributed by atoms with Crippen molar-refractivity contribution in [2.75, 3.05) is 13.2 Å². The Morgan fingerprint density at radius 1 is 1.55 bits per heavy atom. The number of carbonyl (C=O) groups is 1. The highest BCUT2D eigenvalue weighted by molar-refractivity contribution is 5.69. The topological polar surface area (TPSA) is 85.9 Å². The Kier molecular flexibility index (Phi) is 5.36. The van der Waals surface area contributed by atoms with E-state index in [4.69, 9.17) is 10.5 Å². The zero-order valence-electron chi connectivity index (χ0n) is 5.83. The van der Waals surface area contributed by atoms with Crippen molar-refractivity contribution in [1.29, 1.82) is 10.5 Å². The summed E-state index contributed by atoms with van der Waals surface area (Å²) in [4.78, 5) is 10.6. The van der Waals surface area contributed by atoms with E-state index in [0.29, 0.717) is 0 Å². The summed E-state index contributed by atoms with van der Waals surface area (Å²) in [6.07, 6.45) is 1.76. The summed E-state index contributed by atoms with van der Waals surface area (Å²) < 4.78 is 4.39. The van der Waals surface area contributed by atoms with E-state index >= 15 is 0 Å². The maximum atomic E-state index is 10.6. The molecule has 0 aromatic carbocycles. The Morgan fingerprint density at radius 2 is 2.27 bits per heavy atom. The zero-order valence-corrected chi connectivity index (χ0v) is 5.83. The van der Waals surface area contributed by atoms with Gasteiger partial charge in [-0.1, -0.05) is 0 Å². The molecule has 58 valence electrons. The van der Waals surface area contributed by atoms with Gasteiger partial charge in [-0.3, -0.25) is 4.79 Å². The molecule has 0 bridgehead atoms. The molecule has 0 saturated carbocycles. The lowest BCUT2D eigenvalue weighted by atomic mass is 10.4. The summed E-state index contributed by atoms with van der Waals surface area (Å²) in [5.74, 6) is -0.477. The molecule has 0 rings (SSSR count). The fraction of sp³-hybridized carbons (Fsp3) is 0.500. The first-order chi connectivity index (χ1) is 5.31. The van der Waals surface area contributed by atoms with E-state index in [1.54, 1.807) is 12.3 Å². The van der Waals surface area contributed by atoms with Crippen LogP contribution in [0, 0.1) is 22.8 Å². The fourth-order valence-corrected chi connectivity index (χ4v) is 0.405. The van der Waals surface area contributed by atoms with Gasteiger partial charge in [-0.2, -0.15) is 10.5 Å². The van der Waals surface area contributed by atoms with Crippen LogP contribution < -0.4 is 5.32 Å². The Balaban J connectivity index is 3.26. The number of nitriles is 2. The van der Waals surface area contributed by atoms with Crippen molar-refractivity contribution in [2.45, 2.75) is 6.42 Å². The average molecular weight is 153 g/mol. The second-order valence-corrected chi connectivity index (χ2v) is 1.61. The van der Waals surface area contributed by atoms with Crippen LogP contribution in [-0.2, 0) is 9.53 Å². The van der Waals surface area contributed by atoms with Crippen LogP contribution in [0.1, 0.15) is 6.42 Å². The molecular weight excluding hydrogens is 146 g/mol. The molecule has 5 nitrogen and oxygen atoms in total. The van der Waals surface area contributed by atoms with Crippen molar-refractivity contribution in [3.05, 3.63) is 0 Å². The third-order valence-electron chi connectivity index (χ3n) is 0.831. The number of rotatable bonds is 4. The van der Waals surface area contributed by atoms with Gasteiger partial charge >= 0.3 is 5.97 Å². The molecule has 0 aromatic rings. The summed E-state index contributed by atoms with van der Waals surface area (Å²) >= 11 is 0. The molecule has 11 heavy (non-hydrogen) atoms. The Bertz CT molecular complexity index is 201. The van der Waals surface area contributed by atoms with E-state index in [-0.39, 0.29) is 19.6 Å². The third kappa shape index (κ3) is 6.13. The van der Waals surface area contributed by atoms with E-state index < -0.39 is 5.97 Å². The monoisotopic (exact) mass is 153 g/mol. The van der Waals surface area contributed by atoms with Crippen LogP contribution in [0.5, 0.6) is 0 Å². The van der Waals surface area contributed by atoms with Gasteiger partial charge in [-0.05, 0) is 0 Å². The van der Waals surface area contributed by atoms with Crippen LogP contribution in [0.2, 0.25) is 0 Å². The molecule has 0 radical (unpaired) electrons. The highest BCUT2D eigenvalue weighted by Crippen LogP contribution is 1.82. The maximum absolute atomic E-state index is 10.6. The van der Waals surface area contributed by atoms with Crippen LogP contribution in [0.3, 0.4) is 0 Å². The minimum absolute atomic E-state index is 0.106. The average Bonchev–Trinajstić information content (AvgIpc) is 2.01. The van der Waals surface area contributed by atoms with E-state index in [2.05, 4.69) is 10.1 Å². The van der Waals surface area contributed by atoms with Gasteiger partial charge < -0.3 is 10.1 Å². The van der Waals surface area contributed by atoms with E-state index in [0.717, 1.165) is 0 Å². The van der Waals surface area contributed by atoms with Gasteiger partial charge in [-0.25, -0.2) is 0 Å². The Hall–Kier alpha value is -1.75. The lowest BCUT2D eigenvalue weighted by Crippen LogP contribution is -2.14. The van der Waals surface area contributed by atoms with Gasteiger partial charge in [0.2, 0.25) is 0 Å². The Labute approximate surface area is 64.2 Å². The molecule has 0 spiro atoms.